The van der Waals surface area contributed by atoms with E-state index in [9.17, 15) is 19.2 Å². The maximum Gasteiger partial charge on any atom is 0.328 e. The summed E-state index contributed by atoms with van der Waals surface area (Å²) in [6, 6.07) is 4.24. The average molecular weight is 531 g/mol. The third kappa shape index (κ3) is 10.2. The van der Waals surface area contributed by atoms with Crippen molar-refractivity contribution in [3.8, 4) is 5.75 Å². The van der Waals surface area contributed by atoms with E-state index in [0.717, 1.165) is 19.3 Å². The van der Waals surface area contributed by atoms with Crippen LogP contribution in [0.4, 0.5) is 0 Å². The van der Waals surface area contributed by atoms with E-state index in [0.29, 0.717) is 30.4 Å². The van der Waals surface area contributed by atoms with Gasteiger partial charge in [0.15, 0.2) is 0 Å². The molecule has 1 aromatic rings. The summed E-state index contributed by atoms with van der Waals surface area (Å²) in [4.78, 5) is 51.0. The fraction of sp³-hybridized carbons (Fsp3) is 0.667. The van der Waals surface area contributed by atoms with Crippen LogP contribution in [0.15, 0.2) is 18.2 Å². The normalized spacial score (nSPS) is 16.3. The maximum atomic E-state index is 13.0. The minimum atomic E-state index is -1.00. The zero-order valence-corrected chi connectivity index (χ0v) is 24.2. The molecule has 0 bridgehead atoms. The number of nitrogens with two attached hydrogens (primary N) is 1. The van der Waals surface area contributed by atoms with Crippen LogP contribution in [0.2, 0.25) is 0 Å². The molecule has 1 atom stereocenters. The Hall–Kier alpha value is -2.74. The molecule has 0 spiro atoms. The summed E-state index contributed by atoms with van der Waals surface area (Å²) in [5.41, 5.74) is 6.19. The average Bonchev–Trinajstić information content (AvgIpc) is 2.77. The van der Waals surface area contributed by atoms with E-state index in [4.69, 9.17) is 15.2 Å². The van der Waals surface area contributed by atoms with Crippen molar-refractivity contribution in [2.24, 2.45) is 16.6 Å². The van der Waals surface area contributed by atoms with Gasteiger partial charge in [0.2, 0.25) is 5.91 Å². The highest BCUT2D eigenvalue weighted by atomic mass is 16.5. The number of carbonyl (C=O) groups is 4. The Balaban J connectivity index is 2.31. The van der Waals surface area contributed by atoms with E-state index in [-0.39, 0.29) is 47.5 Å². The minimum Gasteiger partial charge on any atom is -0.467 e. The van der Waals surface area contributed by atoms with E-state index in [1.807, 2.05) is 41.5 Å². The molecule has 1 saturated carbocycles. The van der Waals surface area contributed by atoms with Gasteiger partial charge in [0.05, 0.1) is 19.1 Å². The summed E-state index contributed by atoms with van der Waals surface area (Å²) in [6.45, 7) is 11.8. The lowest BCUT2D eigenvalue weighted by Crippen LogP contribution is -2.58. The van der Waals surface area contributed by atoms with Crippen molar-refractivity contribution in [1.29, 1.82) is 0 Å². The van der Waals surface area contributed by atoms with Crippen LogP contribution in [0.1, 0.15) is 97.6 Å². The molecule has 3 N–H and O–H groups in total. The van der Waals surface area contributed by atoms with Gasteiger partial charge in [-0.05, 0) is 35.3 Å². The van der Waals surface area contributed by atoms with E-state index in [1.165, 1.54) is 7.11 Å². The monoisotopic (exact) mass is 530 g/mol. The first-order valence-corrected chi connectivity index (χ1v) is 13.5. The lowest BCUT2D eigenvalue weighted by molar-refractivity contribution is -0.146. The second-order valence-corrected chi connectivity index (χ2v) is 13.1. The fourth-order valence-electron chi connectivity index (χ4n) is 4.71. The quantitative estimate of drug-likeness (QED) is 0.338. The lowest BCUT2D eigenvalue weighted by atomic mass is 9.81. The number of Topliss-reactive ketones (excluding diaryl/α,β-unsaturated/α-hetero) is 1. The molecule has 8 nitrogen and oxygen atoms in total. The van der Waals surface area contributed by atoms with Crippen LogP contribution in [0.25, 0.3) is 0 Å². The molecule has 0 aliphatic heterocycles. The lowest BCUT2D eigenvalue weighted by Gasteiger charge is -2.33. The molecule has 0 unspecified atom stereocenters. The molecule has 1 aliphatic carbocycles. The Labute approximate surface area is 227 Å². The van der Waals surface area contributed by atoms with Crippen molar-refractivity contribution < 1.29 is 28.7 Å². The van der Waals surface area contributed by atoms with Crippen molar-refractivity contribution in [1.82, 2.24) is 5.32 Å². The molecule has 38 heavy (non-hydrogen) atoms. The van der Waals surface area contributed by atoms with Gasteiger partial charge in [-0.2, -0.15) is 0 Å². The van der Waals surface area contributed by atoms with Gasteiger partial charge in [-0.15, -0.1) is 0 Å². The number of nitrogens with one attached hydrogen (secondary N) is 1. The molecule has 1 fully saturated rings. The van der Waals surface area contributed by atoms with Crippen molar-refractivity contribution >= 4 is 23.6 Å². The molecular formula is C30H46N2O6. The highest BCUT2D eigenvalue weighted by Crippen LogP contribution is 2.29. The van der Waals surface area contributed by atoms with Crippen LogP contribution in [0.5, 0.6) is 5.75 Å². The van der Waals surface area contributed by atoms with Crippen LogP contribution >= 0.6 is 0 Å². The van der Waals surface area contributed by atoms with Gasteiger partial charge in [0, 0.05) is 24.8 Å². The van der Waals surface area contributed by atoms with Crippen LogP contribution in [0.3, 0.4) is 0 Å². The molecule has 1 amide bonds. The van der Waals surface area contributed by atoms with E-state index in [2.05, 4.69) is 5.32 Å². The SMILES string of the molecule is COC(=O)[C@H](Cc1ccc(CC(=O)CC(C)(C)C)c(OC(=O)CC(C)(C)C)c1)NC(=O)C1(N)CCCCC1. The smallest absolute Gasteiger partial charge is 0.328 e. The molecule has 2 rings (SSSR count). The summed E-state index contributed by atoms with van der Waals surface area (Å²) in [5, 5.41) is 2.79. The van der Waals surface area contributed by atoms with Gasteiger partial charge in [-0.1, -0.05) is 72.9 Å². The predicted octanol–water partition coefficient (Wildman–Crippen LogP) is 4.44. The van der Waals surface area contributed by atoms with Crippen LogP contribution < -0.4 is 15.8 Å². The number of rotatable bonds is 10. The van der Waals surface area contributed by atoms with Gasteiger partial charge >= 0.3 is 11.9 Å². The van der Waals surface area contributed by atoms with Gasteiger partial charge in [0.25, 0.3) is 0 Å². The Morgan fingerprint density at radius 3 is 2.13 bits per heavy atom. The fourth-order valence-corrected chi connectivity index (χ4v) is 4.71. The molecule has 1 aliphatic rings. The van der Waals surface area contributed by atoms with Gasteiger partial charge in [-0.25, -0.2) is 4.79 Å². The van der Waals surface area contributed by atoms with E-state index < -0.39 is 23.5 Å². The molecular weight excluding hydrogens is 484 g/mol. The number of hydrogen-bond acceptors (Lipinski definition) is 7. The van der Waals surface area contributed by atoms with Gasteiger partial charge < -0.3 is 20.5 Å². The van der Waals surface area contributed by atoms with Crippen molar-refractivity contribution in [3.63, 3.8) is 0 Å². The Bertz CT molecular complexity index is 1010. The largest absolute Gasteiger partial charge is 0.467 e. The minimum absolute atomic E-state index is 0.0406. The zero-order valence-electron chi connectivity index (χ0n) is 24.2. The first kappa shape index (κ1) is 31.5. The number of amides is 1. The van der Waals surface area contributed by atoms with Crippen molar-refractivity contribution in [2.45, 2.75) is 111 Å². The number of carbonyl (C=O) groups excluding carboxylic acids is 4. The predicted molar refractivity (Wildman–Crippen MR) is 147 cm³/mol. The highest BCUT2D eigenvalue weighted by Gasteiger charge is 2.37. The number of benzene rings is 1. The summed E-state index contributed by atoms with van der Waals surface area (Å²) < 4.78 is 10.7. The highest BCUT2D eigenvalue weighted by molar-refractivity contribution is 5.90. The van der Waals surface area contributed by atoms with Crippen LogP contribution in [0, 0.1) is 10.8 Å². The number of ether oxygens (including phenoxy) is 2. The van der Waals surface area contributed by atoms with E-state index >= 15 is 0 Å². The second kappa shape index (κ2) is 12.9. The third-order valence-electron chi connectivity index (χ3n) is 6.57. The first-order chi connectivity index (χ1) is 17.5. The van der Waals surface area contributed by atoms with Gasteiger partial charge in [0.1, 0.15) is 17.6 Å². The van der Waals surface area contributed by atoms with Gasteiger partial charge in [-0.3, -0.25) is 14.4 Å². The number of ketones is 1. The topological polar surface area (TPSA) is 125 Å². The summed E-state index contributed by atoms with van der Waals surface area (Å²) in [5.74, 6) is -1.03. The number of esters is 2. The molecule has 0 heterocycles. The molecule has 0 saturated heterocycles. The Kier molecular flexibility index (Phi) is 10.7. The number of hydrogen-bond donors (Lipinski definition) is 2. The maximum absolute atomic E-state index is 13.0. The first-order valence-electron chi connectivity index (χ1n) is 13.5. The standard InChI is InChI=1S/C30H46N2O6/c1-28(2,3)18-22(33)17-21-12-11-20(16-24(21)38-25(34)19-29(4,5)6)15-23(26(35)37-7)32-27(36)30(31)13-9-8-10-14-30/h11-12,16,23H,8-10,13-15,17-19,31H2,1-7H3,(H,32,36)/t23-/m0/s1. The Morgan fingerprint density at radius 1 is 0.974 bits per heavy atom. The third-order valence-corrected chi connectivity index (χ3v) is 6.57. The summed E-state index contributed by atoms with van der Waals surface area (Å²) >= 11 is 0. The molecule has 0 radical (unpaired) electrons. The summed E-state index contributed by atoms with van der Waals surface area (Å²) in [7, 11) is 1.27. The van der Waals surface area contributed by atoms with Crippen molar-refractivity contribution in [3.05, 3.63) is 29.3 Å². The van der Waals surface area contributed by atoms with E-state index in [1.54, 1.807) is 18.2 Å². The molecule has 0 aromatic heterocycles. The van der Waals surface area contributed by atoms with Crippen molar-refractivity contribution in [2.75, 3.05) is 7.11 Å². The van der Waals surface area contributed by atoms with Crippen LogP contribution in [-0.4, -0.2) is 42.3 Å². The second-order valence-electron chi connectivity index (χ2n) is 13.1. The van der Waals surface area contributed by atoms with Crippen LogP contribution in [-0.2, 0) is 36.8 Å². The number of methoxy groups -OCH3 is 1. The molecule has 1 aromatic carbocycles. The zero-order chi connectivity index (χ0) is 28.7. The Morgan fingerprint density at radius 2 is 1.58 bits per heavy atom. The molecule has 212 valence electrons. The summed E-state index contributed by atoms with van der Waals surface area (Å²) in [6.07, 6.45) is 4.74. The molecule has 8 heteroatoms.